The molecule has 0 aliphatic carbocycles. The Balaban J connectivity index is 1.80. The van der Waals surface area contributed by atoms with Gasteiger partial charge < -0.3 is 5.11 Å². The van der Waals surface area contributed by atoms with Crippen molar-refractivity contribution in [2.45, 2.75) is 36.7 Å². The standard InChI is InChI=1S/C23H20F3N3O2S/c1-14(2)20-21(30)29(16-7-9-17(10-8-16)32-23(24,25)26)22(31)28(20)13-15-11-12-27-19-6-4-3-5-18(15)19/h3-12,14,30H,13H2,1-2H3. The molecule has 32 heavy (non-hydrogen) atoms. The second-order valence-electron chi connectivity index (χ2n) is 7.60. The van der Waals surface area contributed by atoms with Crippen LogP contribution in [-0.4, -0.2) is 24.7 Å². The molecule has 0 spiro atoms. The number of hydrogen-bond donors (Lipinski definition) is 1. The summed E-state index contributed by atoms with van der Waals surface area (Å²) < 4.78 is 40.5. The van der Waals surface area contributed by atoms with E-state index in [1.807, 2.05) is 44.2 Å². The molecule has 2 aromatic heterocycles. The van der Waals surface area contributed by atoms with Gasteiger partial charge in [-0.15, -0.1) is 0 Å². The van der Waals surface area contributed by atoms with E-state index in [1.54, 1.807) is 6.20 Å². The molecule has 0 atom stereocenters. The number of aromatic hydroxyl groups is 1. The lowest BCUT2D eigenvalue weighted by Crippen LogP contribution is -2.25. The van der Waals surface area contributed by atoms with Crippen molar-refractivity contribution in [3.8, 4) is 11.6 Å². The van der Waals surface area contributed by atoms with E-state index >= 15 is 0 Å². The lowest BCUT2D eigenvalue weighted by atomic mass is 10.1. The van der Waals surface area contributed by atoms with Gasteiger partial charge in [0.15, 0.2) is 0 Å². The van der Waals surface area contributed by atoms with E-state index in [2.05, 4.69) is 4.98 Å². The van der Waals surface area contributed by atoms with Gasteiger partial charge in [-0.1, -0.05) is 32.0 Å². The summed E-state index contributed by atoms with van der Waals surface area (Å²) in [6.45, 7) is 3.95. The van der Waals surface area contributed by atoms with Crippen molar-refractivity contribution >= 4 is 22.7 Å². The van der Waals surface area contributed by atoms with E-state index in [1.165, 1.54) is 28.8 Å². The Morgan fingerprint density at radius 2 is 1.75 bits per heavy atom. The second kappa shape index (κ2) is 8.38. The largest absolute Gasteiger partial charge is 0.493 e. The minimum absolute atomic E-state index is 0.000518. The number of para-hydroxylation sites is 1. The Morgan fingerprint density at radius 3 is 2.41 bits per heavy atom. The highest BCUT2D eigenvalue weighted by molar-refractivity contribution is 8.00. The van der Waals surface area contributed by atoms with Crippen molar-refractivity contribution < 1.29 is 18.3 Å². The molecule has 0 aliphatic heterocycles. The molecule has 2 heterocycles. The molecule has 0 radical (unpaired) electrons. The van der Waals surface area contributed by atoms with Crippen molar-refractivity contribution in [1.29, 1.82) is 0 Å². The van der Waals surface area contributed by atoms with Crippen LogP contribution in [0.1, 0.15) is 31.0 Å². The summed E-state index contributed by atoms with van der Waals surface area (Å²) in [5.41, 5.74) is -2.46. The maximum absolute atomic E-state index is 13.3. The van der Waals surface area contributed by atoms with Crippen molar-refractivity contribution in [3.05, 3.63) is 82.5 Å². The van der Waals surface area contributed by atoms with Gasteiger partial charge in [0.1, 0.15) is 0 Å². The maximum atomic E-state index is 13.3. The number of benzene rings is 2. The third-order valence-electron chi connectivity index (χ3n) is 5.10. The third-order valence-corrected chi connectivity index (χ3v) is 5.84. The average Bonchev–Trinajstić information content (AvgIpc) is 2.97. The van der Waals surface area contributed by atoms with Crippen LogP contribution in [0.4, 0.5) is 13.2 Å². The molecule has 9 heteroatoms. The van der Waals surface area contributed by atoms with Gasteiger partial charge in [-0.05, 0) is 59.6 Å². The molecule has 0 saturated heterocycles. The normalized spacial score (nSPS) is 12.1. The second-order valence-corrected chi connectivity index (χ2v) is 8.74. The van der Waals surface area contributed by atoms with Gasteiger partial charge in [-0.25, -0.2) is 9.36 Å². The van der Waals surface area contributed by atoms with Crippen LogP contribution < -0.4 is 5.69 Å². The Morgan fingerprint density at radius 1 is 1.06 bits per heavy atom. The molecule has 4 aromatic rings. The Kier molecular flexibility index (Phi) is 5.77. The molecular formula is C23H20F3N3O2S. The zero-order valence-corrected chi connectivity index (χ0v) is 18.1. The number of aromatic nitrogens is 3. The Hall–Kier alpha value is -3.20. The van der Waals surface area contributed by atoms with Crippen LogP contribution >= 0.6 is 11.8 Å². The lowest BCUT2D eigenvalue weighted by molar-refractivity contribution is -0.0328. The van der Waals surface area contributed by atoms with E-state index < -0.39 is 11.2 Å². The molecule has 166 valence electrons. The molecule has 2 aromatic carbocycles. The van der Waals surface area contributed by atoms with Crippen LogP contribution in [0.15, 0.2) is 70.5 Å². The highest BCUT2D eigenvalue weighted by Gasteiger charge is 2.29. The fourth-order valence-electron chi connectivity index (χ4n) is 3.77. The Labute approximate surface area is 186 Å². The quantitative estimate of drug-likeness (QED) is 0.390. The first-order valence-corrected chi connectivity index (χ1v) is 10.7. The van der Waals surface area contributed by atoms with Gasteiger partial charge in [0, 0.05) is 16.5 Å². The van der Waals surface area contributed by atoms with Crippen molar-refractivity contribution in [2.24, 2.45) is 0 Å². The molecule has 0 amide bonds. The number of fused-ring (bicyclic) bond motifs is 1. The van der Waals surface area contributed by atoms with Gasteiger partial charge in [0.25, 0.3) is 0 Å². The van der Waals surface area contributed by atoms with Gasteiger partial charge in [0.05, 0.1) is 23.4 Å². The zero-order valence-electron chi connectivity index (χ0n) is 17.3. The number of rotatable bonds is 5. The fraction of sp³-hybridized carbons (Fsp3) is 0.217. The number of imidazole rings is 1. The monoisotopic (exact) mass is 459 g/mol. The number of hydrogen-bond acceptors (Lipinski definition) is 4. The number of alkyl halides is 3. The number of nitrogens with zero attached hydrogens (tertiary/aromatic N) is 3. The van der Waals surface area contributed by atoms with Crippen LogP contribution in [0.3, 0.4) is 0 Å². The molecule has 0 fully saturated rings. The summed E-state index contributed by atoms with van der Waals surface area (Å²) in [5.74, 6) is -0.392. The van der Waals surface area contributed by atoms with Crippen LogP contribution in [0.25, 0.3) is 16.6 Å². The highest BCUT2D eigenvalue weighted by atomic mass is 32.2. The van der Waals surface area contributed by atoms with Gasteiger partial charge in [0.2, 0.25) is 5.88 Å². The molecule has 0 unspecified atom stereocenters. The van der Waals surface area contributed by atoms with Crippen molar-refractivity contribution in [2.75, 3.05) is 0 Å². The highest BCUT2D eigenvalue weighted by Crippen LogP contribution is 2.37. The minimum Gasteiger partial charge on any atom is -0.493 e. The van der Waals surface area contributed by atoms with Crippen LogP contribution in [0, 0.1) is 0 Å². The molecule has 0 bridgehead atoms. The molecular weight excluding hydrogens is 439 g/mol. The summed E-state index contributed by atoms with van der Waals surface area (Å²) in [5, 5.41) is 11.8. The Bertz CT molecular complexity index is 1320. The van der Waals surface area contributed by atoms with Gasteiger partial charge >= 0.3 is 11.2 Å². The SMILES string of the molecule is CC(C)c1c(O)n(-c2ccc(SC(F)(F)F)cc2)c(=O)n1Cc1ccnc2ccccc12. The first-order valence-electron chi connectivity index (χ1n) is 9.89. The van der Waals surface area contributed by atoms with Gasteiger partial charge in [-0.3, -0.25) is 9.55 Å². The first-order chi connectivity index (χ1) is 15.2. The zero-order chi connectivity index (χ0) is 23.0. The first kappa shape index (κ1) is 22.0. The maximum Gasteiger partial charge on any atom is 0.446 e. The number of pyridine rings is 1. The predicted molar refractivity (Wildman–Crippen MR) is 119 cm³/mol. The summed E-state index contributed by atoms with van der Waals surface area (Å²) >= 11 is -0.232. The van der Waals surface area contributed by atoms with E-state index in [-0.39, 0.29) is 35.0 Å². The summed E-state index contributed by atoms with van der Waals surface area (Å²) in [6.07, 6.45) is 1.67. The van der Waals surface area contributed by atoms with Crippen LogP contribution in [0.2, 0.25) is 0 Å². The molecule has 1 N–H and O–H groups in total. The smallest absolute Gasteiger partial charge is 0.446 e. The van der Waals surface area contributed by atoms with Crippen molar-refractivity contribution in [3.63, 3.8) is 0 Å². The van der Waals surface area contributed by atoms with Crippen LogP contribution in [0.5, 0.6) is 5.88 Å². The summed E-state index contributed by atoms with van der Waals surface area (Å²) in [4.78, 5) is 17.7. The van der Waals surface area contributed by atoms with E-state index in [9.17, 15) is 23.1 Å². The summed E-state index contributed by atoms with van der Waals surface area (Å²) in [6, 6.07) is 14.8. The van der Waals surface area contributed by atoms with E-state index in [4.69, 9.17) is 0 Å². The number of halogens is 3. The molecule has 5 nitrogen and oxygen atoms in total. The number of thioether (sulfide) groups is 1. The molecule has 4 rings (SSSR count). The molecule has 0 saturated carbocycles. The van der Waals surface area contributed by atoms with Gasteiger partial charge in [-0.2, -0.15) is 13.2 Å². The average molecular weight is 459 g/mol. The summed E-state index contributed by atoms with van der Waals surface area (Å²) in [7, 11) is 0. The van der Waals surface area contributed by atoms with Crippen LogP contribution in [-0.2, 0) is 6.54 Å². The van der Waals surface area contributed by atoms with E-state index in [0.717, 1.165) is 21.0 Å². The predicted octanol–water partition coefficient (Wildman–Crippen LogP) is 5.68. The van der Waals surface area contributed by atoms with Crippen molar-refractivity contribution in [1.82, 2.24) is 14.1 Å². The minimum atomic E-state index is -4.40. The van der Waals surface area contributed by atoms with E-state index in [0.29, 0.717) is 11.4 Å². The molecule has 0 aliphatic rings. The topological polar surface area (TPSA) is 60.1 Å². The third kappa shape index (κ3) is 4.25. The lowest BCUT2D eigenvalue weighted by Gasteiger charge is -2.11. The fourth-order valence-corrected chi connectivity index (χ4v) is 4.30.